The second kappa shape index (κ2) is 6.37. The molecule has 2 unspecified atom stereocenters. The lowest BCUT2D eigenvalue weighted by molar-refractivity contribution is -0.129. The highest BCUT2D eigenvalue weighted by Gasteiger charge is 2.40. The van der Waals surface area contributed by atoms with E-state index in [9.17, 15) is 13.2 Å². The molecule has 0 spiro atoms. The van der Waals surface area contributed by atoms with Crippen LogP contribution >= 0.6 is 0 Å². The van der Waals surface area contributed by atoms with Crippen LogP contribution < -0.4 is 5.14 Å². The van der Waals surface area contributed by atoms with Crippen LogP contribution in [0.4, 0.5) is 0 Å². The molecule has 0 bridgehead atoms. The van der Waals surface area contributed by atoms with Crippen molar-refractivity contribution in [1.29, 1.82) is 0 Å². The molecule has 5 nitrogen and oxygen atoms in total. The highest BCUT2D eigenvalue weighted by atomic mass is 32.2. The maximum absolute atomic E-state index is 12.5. The molecule has 0 saturated carbocycles. The molecule has 2 aromatic carbocycles. The third kappa shape index (κ3) is 3.34. The number of rotatable bonds is 4. The summed E-state index contributed by atoms with van der Waals surface area (Å²) in [5.74, 6) is -0.191. The fourth-order valence-corrected chi connectivity index (χ4v) is 3.85. The second-order valence-corrected chi connectivity index (χ2v) is 8.03. The van der Waals surface area contributed by atoms with E-state index in [1.54, 1.807) is 4.90 Å². The number of carbonyl (C=O) groups excluding carboxylic acids is 1. The Balaban J connectivity index is 2.02. The van der Waals surface area contributed by atoms with Gasteiger partial charge in [-0.05, 0) is 18.1 Å². The van der Waals surface area contributed by atoms with Crippen LogP contribution in [-0.2, 0) is 14.8 Å². The first-order chi connectivity index (χ1) is 11.4. The molecule has 126 valence electrons. The summed E-state index contributed by atoms with van der Waals surface area (Å²) in [6.45, 7) is 2.12. The molecule has 3 rings (SSSR count). The largest absolute Gasteiger partial charge is 0.330 e. The number of aryl methyl sites for hydroxylation is 1. The van der Waals surface area contributed by atoms with Gasteiger partial charge in [-0.1, -0.05) is 60.2 Å². The van der Waals surface area contributed by atoms with Crippen LogP contribution in [0.15, 0.2) is 54.6 Å². The quantitative estimate of drug-likeness (QED) is 0.921. The van der Waals surface area contributed by atoms with Crippen molar-refractivity contribution in [1.82, 2.24) is 4.90 Å². The van der Waals surface area contributed by atoms with E-state index < -0.39 is 15.3 Å². The van der Waals surface area contributed by atoms with E-state index in [0.717, 1.165) is 16.7 Å². The van der Waals surface area contributed by atoms with Gasteiger partial charge in [0, 0.05) is 13.0 Å². The maximum atomic E-state index is 12.5. The van der Waals surface area contributed by atoms with E-state index in [1.165, 1.54) is 0 Å². The zero-order valence-electron chi connectivity index (χ0n) is 13.4. The Bertz CT molecular complexity index is 832. The third-order valence-electron chi connectivity index (χ3n) is 4.41. The van der Waals surface area contributed by atoms with E-state index in [1.807, 2.05) is 61.5 Å². The van der Waals surface area contributed by atoms with Crippen LogP contribution in [0.3, 0.4) is 0 Å². The van der Waals surface area contributed by atoms with Gasteiger partial charge in [0.2, 0.25) is 15.9 Å². The number of likely N-dealkylation sites (tertiary alicyclic amines) is 1. The van der Waals surface area contributed by atoms with Gasteiger partial charge in [-0.25, -0.2) is 13.6 Å². The molecule has 0 aromatic heterocycles. The van der Waals surface area contributed by atoms with Crippen LogP contribution in [0.2, 0.25) is 0 Å². The van der Waals surface area contributed by atoms with Crippen molar-refractivity contribution >= 4 is 15.9 Å². The standard InChI is InChI=1S/C18H20N2O3S/c1-13-7-9-15(10-8-13)18(14-5-3-2-4-6-14)20-12-16(11-17(20)21)24(19,22)23/h2-10,16,18H,11-12H2,1H3,(H2,19,22,23). The lowest BCUT2D eigenvalue weighted by Crippen LogP contribution is -2.34. The molecule has 1 amide bonds. The van der Waals surface area contributed by atoms with Gasteiger partial charge in [0.25, 0.3) is 0 Å². The summed E-state index contributed by atoms with van der Waals surface area (Å²) >= 11 is 0. The minimum atomic E-state index is -3.74. The molecule has 0 radical (unpaired) electrons. The van der Waals surface area contributed by atoms with Crippen molar-refractivity contribution in [3.63, 3.8) is 0 Å². The first-order valence-corrected chi connectivity index (χ1v) is 9.40. The number of primary sulfonamides is 1. The third-order valence-corrected chi connectivity index (χ3v) is 5.65. The Morgan fingerprint density at radius 1 is 1.04 bits per heavy atom. The van der Waals surface area contributed by atoms with Crippen molar-refractivity contribution in [2.24, 2.45) is 5.14 Å². The molecule has 2 aromatic rings. The minimum absolute atomic E-state index is 0.0615. The molecule has 1 aliphatic rings. The predicted octanol–water partition coefficient (Wildman–Crippen LogP) is 1.97. The molecule has 24 heavy (non-hydrogen) atoms. The zero-order chi connectivity index (χ0) is 17.3. The lowest BCUT2D eigenvalue weighted by Gasteiger charge is -2.29. The molecule has 6 heteroatoms. The van der Waals surface area contributed by atoms with Gasteiger partial charge in [-0.3, -0.25) is 4.79 Å². The normalized spacial score (nSPS) is 19.5. The van der Waals surface area contributed by atoms with Crippen molar-refractivity contribution in [2.45, 2.75) is 24.6 Å². The molecular weight excluding hydrogens is 324 g/mol. The molecule has 2 N–H and O–H groups in total. The molecule has 2 atom stereocenters. The number of nitrogens with zero attached hydrogens (tertiary/aromatic N) is 1. The van der Waals surface area contributed by atoms with Gasteiger partial charge in [-0.15, -0.1) is 0 Å². The van der Waals surface area contributed by atoms with Gasteiger partial charge < -0.3 is 4.90 Å². The first kappa shape index (κ1) is 16.7. The summed E-state index contributed by atoms with van der Waals surface area (Å²) in [4.78, 5) is 14.1. The Hall–Kier alpha value is -2.18. The monoisotopic (exact) mass is 344 g/mol. The zero-order valence-corrected chi connectivity index (χ0v) is 14.2. The Morgan fingerprint density at radius 2 is 1.62 bits per heavy atom. The van der Waals surface area contributed by atoms with Crippen molar-refractivity contribution in [2.75, 3.05) is 6.54 Å². The second-order valence-electron chi connectivity index (χ2n) is 6.19. The number of hydrogen-bond acceptors (Lipinski definition) is 3. The van der Waals surface area contributed by atoms with E-state index in [-0.39, 0.29) is 24.9 Å². The van der Waals surface area contributed by atoms with Crippen molar-refractivity contribution < 1.29 is 13.2 Å². The van der Waals surface area contributed by atoms with E-state index in [2.05, 4.69) is 0 Å². The van der Waals surface area contributed by atoms with E-state index >= 15 is 0 Å². The van der Waals surface area contributed by atoms with Gasteiger partial charge in [0.1, 0.15) is 5.25 Å². The van der Waals surface area contributed by atoms with Gasteiger partial charge >= 0.3 is 0 Å². The number of carbonyl (C=O) groups is 1. The van der Waals surface area contributed by atoms with Gasteiger partial charge in [-0.2, -0.15) is 0 Å². The average Bonchev–Trinajstić information content (AvgIpc) is 2.93. The molecule has 1 aliphatic heterocycles. The summed E-state index contributed by atoms with van der Waals surface area (Å²) in [6.07, 6.45) is -0.0615. The first-order valence-electron chi connectivity index (χ1n) is 7.79. The fourth-order valence-electron chi connectivity index (χ4n) is 3.10. The van der Waals surface area contributed by atoms with E-state index in [4.69, 9.17) is 5.14 Å². The van der Waals surface area contributed by atoms with Crippen LogP contribution in [0.25, 0.3) is 0 Å². The smallest absolute Gasteiger partial charge is 0.224 e. The number of hydrogen-bond donors (Lipinski definition) is 1. The summed E-state index contributed by atoms with van der Waals surface area (Å²) in [7, 11) is -3.74. The minimum Gasteiger partial charge on any atom is -0.330 e. The summed E-state index contributed by atoms with van der Waals surface area (Å²) < 4.78 is 23.3. The van der Waals surface area contributed by atoms with Crippen LogP contribution in [-0.4, -0.2) is 31.0 Å². The van der Waals surface area contributed by atoms with E-state index in [0.29, 0.717) is 0 Å². The Labute approximate surface area is 142 Å². The van der Waals surface area contributed by atoms with Crippen molar-refractivity contribution in [3.05, 3.63) is 71.3 Å². The van der Waals surface area contributed by atoms with Crippen LogP contribution in [0, 0.1) is 6.92 Å². The SMILES string of the molecule is Cc1ccc(C(c2ccccc2)N2CC(S(N)(=O)=O)CC2=O)cc1. The lowest BCUT2D eigenvalue weighted by atomic mass is 9.96. The topological polar surface area (TPSA) is 80.5 Å². The maximum Gasteiger partial charge on any atom is 0.224 e. The number of nitrogens with two attached hydrogens (primary N) is 1. The van der Waals surface area contributed by atoms with Gasteiger partial charge in [0.05, 0.1) is 6.04 Å². The molecule has 1 heterocycles. The molecule has 1 saturated heterocycles. The Kier molecular flexibility index (Phi) is 4.43. The highest BCUT2D eigenvalue weighted by Crippen LogP contribution is 2.33. The van der Waals surface area contributed by atoms with Crippen molar-refractivity contribution in [3.8, 4) is 0 Å². The van der Waals surface area contributed by atoms with Gasteiger partial charge in [0.15, 0.2) is 0 Å². The Morgan fingerprint density at radius 3 is 2.17 bits per heavy atom. The van der Waals surface area contributed by atoms with Crippen LogP contribution in [0.1, 0.15) is 29.2 Å². The molecule has 0 aliphatic carbocycles. The average molecular weight is 344 g/mol. The summed E-state index contributed by atoms with van der Waals surface area (Å²) in [5.41, 5.74) is 3.03. The number of benzene rings is 2. The molecule has 1 fully saturated rings. The fraction of sp³-hybridized carbons (Fsp3) is 0.278. The summed E-state index contributed by atoms with van der Waals surface area (Å²) in [5, 5.41) is 4.41. The highest BCUT2D eigenvalue weighted by molar-refractivity contribution is 7.89. The number of amides is 1. The molecular formula is C18H20N2O3S. The van der Waals surface area contributed by atoms with Crippen LogP contribution in [0.5, 0.6) is 0 Å². The summed E-state index contributed by atoms with van der Waals surface area (Å²) in [6, 6.07) is 17.2. The predicted molar refractivity (Wildman–Crippen MR) is 92.7 cm³/mol. The number of sulfonamides is 1.